The summed E-state index contributed by atoms with van der Waals surface area (Å²) in [6, 6.07) is 16.0. The van der Waals surface area contributed by atoms with Crippen LogP contribution in [0.2, 0.25) is 0 Å². The van der Waals surface area contributed by atoms with Crippen molar-refractivity contribution in [3.63, 3.8) is 0 Å². The highest BCUT2D eigenvalue weighted by molar-refractivity contribution is 14.1. The minimum absolute atomic E-state index is 0.0737. The Hall–Kier alpha value is -3.09. The fraction of sp³-hybridized carbons (Fsp3) is 0.182. The second-order valence-electron chi connectivity index (χ2n) is 7.01. The fourth-order valence-corrected chi connectivity index (χ4v) is 3.87. The second kappa shape index (κ2) is 9.18. The van der Waals surface area contributed by atoms with Gasteiger partial charge in [-0.1, -0.05) is 36.4 Å². The van der Waals surface area contributed by atoms with Crippen molar-refractivity contribution >= 4 is 34.5 Å². The van der Waals surface area contributed by atoms with E-state index in [0.29, 0.717) is 4.57 Å². The minimum atomic E-state index is -1.23. The summed E-state index contributed by atoms with van der Waals surface area (Å²) in [4.78, 5) is 51.2. The lowest BCUT2D eigenvalue weighted by Gasteiger charge is -2.23. The Morgan fingerprint density at radius 1 is 1.00 bits per heavy atom. The molecule has 4 rings (SSSR count). The average molecular weight is 548 g/mol. The van der Waals surface area contributed by atoms with Crippen LogP contribution in [0.25, 0.3) is 0 Å². The molecule has 1 fully saturated rings. The minimum Gasteiger partial charge on any atom is -0.451 e. The van der Waals surface area contributed by atoms with Gasteiger partial charge in [0.05, 0.1) is 15.7 Å². The summed E-state index contributed by atoms with van der Waals surface area (Å²) in [6.07, 6.45) is -2.45. The normalized spacial score (nSPS) is 20.1. The second-order valence-corrected chi connectivity index (χ2v) is 8.17. The van der Waals surface area contributed by atoms with E-state index in [1.54, 1.807) is 71.1 Å². The zero-order valence-corrected chi connectivity index (χ0v) is 18.6. The third-order valence-electron chi connectivity index (χ3n) is 4.92. The van der Waals surface area contributed by atoms with Gasteiger partial charge in [0.1, 0.15) is 6.10 Å². The number of benzene rings is 2. The van der Waals surface area contributed by atoms with Gasteiger partial charge in [-0.25, -0.2) is 9.59 Å². The third-order valence-corrected chi connectivity index (χ3v) is 5.66. The highest BCUT2D eigenvalue weighted by atomic mass is 127. The lowest BCUT2D eigenvalue weighted by atomic mass is 10.2. The number of nitrogens with zero attached hydrogens (tertiary/aromatic N) is 2. The lowest BCUT2D eigenvalue weighted by molar-refractivity contribution is -0.0440. The number of hydrogen-bond donors (Lipinski definition) is 1. The molecule has 1 aromatic heterocycles. The molecule has 0 amide bonds. The van der Waals surface area contributed by atoms with Crippen LogP contribution in [0.5, 0.6) is 0 Å². The van der Waals surface area contributed by atoms with E-state index >= 15 is 0 Å². The molecule has 2 heterocycles. The van der Waals surface area contributed by atoms with E-state index in [1.807, 2.05) is 0 Å². The van der Waals surface area contributed by atoms with Gasteiger partial charge in [0.15, 0.2) is 12.3 Å². The topological polar surface area (TPSA) is 117 Å². The van der Waals surface area contributed by atoms with Gasteiger partial charge < -0.3 is 14.6 Å². The van der Waals surface area contributed by atoms with Crippen molar-refractivity contribution in [2.24, 2.45) is 0 Å². The summed E-state index contributed by atoms with van der Waals surface area (Å²) in [6.45, 7) is -0.202. The predicted molar refractivity (Wildman–Crippen MR) is 120 cm³/mol. The molecule has 0 radical (unpaired) electrons. The van der Waals surface area contributed by atoms with Crippen molar-refractivity contribution in [2.75, 3.05) is 6.61 Å². The molecule has 1 aliphatic heterocycles. The molecule has 9 nitrogen and oxygen atoms in total. The lowest BCUT2D eigenvalue weighted by Crippen LogP contribution is -2.47. The van der Waals surface area contributed by atoms with E-state index in [4.69, 9.17) is 9.47 Å². The molecule has 2 aromatic carbocycles. The molecule has 2 unspecified atom stereocenters. The maximum absolute atomic E-state index is 13.2. The summed E-state index contributed by atoms with van der Waals surface area (Å²) in [5, 5.41) is 10.3. The standard InChI is InChI=1S/C22H17IN2O7/c23-15-11-24(22(30)25(19(15)28)18(27)13-7-3-1-4-8-13)20-17(16(26)12-31-20)32-21(29)14-9-5-2-6-10-14/h1-11,16-17,20,26H,12H2/t16?,17?,20-/m1/s1. The highest BCUT2D eigenvalue weighted by Crippen LogP contribution is 2.27. The van der Waals surface area contributed by atoms with E-state index in [9.17, 15) is 24.3 Å². The third kappa shape index (κ3) is 4.16. The first-order valence-corrected chi connectivity index (χ1v) is 10.7. The van der Waals surface area contributed by atoms with Gasteiger partial charge in [0, 0.05) is 11.8 Å². The molecule has 3 atom stereocenters. The first-order valence-electron chi connectivity index (χ1n) is 9.57. The molecule has 1 saturated heterocycles. The summed E-state index contributed by atoms with van der Waals surface area (Å²) in [5.74, 6) is -1.51. The van der Waals surface area contributed by atoms with Crippen LogP contribution in [0.3, 0.4) is 0 Å². The summed E-state index contributed by atoms with van der Waals surface area (Å²) in [5.41, 5.74) is -1.34. The SMILES string of the molecule is O=C(OC1C(O)CO[C@H]1n1cc(I)c(=O)n(C(=O)c2ccccc2)c1=O)c1ccccc1. The van der Waals surface area contributed by atoms with Crippen LogP contribution in [0, 0.1) is 3.57 Å². The number of ether oxygens (including phenoxy) is 2. The number of aromatic nitrogens is 2. The molecule has 3 aromatic rings. The zero-order valence-electron chi connectivity index (χ0n) is 16.5. The zero-order chi connectivity index (χ0) is 22.8. The summed E-state index contributed by atoms with van der Waals surface area (Å²) < 4.78 is 12.5. The van der Waals surface area contributed by atoms with Gasteiger partial charge in [-0.05, 0) is 46.9 Å². The monoisotopic (exact) mass is 548 g/mol. The molecule has 1 aliphatic rings. The number of halogens is 1. The molecule has 0 spiro atoms. The molecule has 164 valence electrons. The predicted octanol–water partition coefficient (Wildman–Crippen LogP) is 1.42. The number of hydrogen-bond acceptors (Lipinski definition) is 7. The maximum Gasteiger partial charge on any atom is 0.340 e. The summed E-state index contributed by atoms with van der Waals surface area (Å²) in [7, 11) is 0. The van der Waals surface area contributed by atoms with Crippen molar-refractivity contribution in [3.8, 4) is 0 Å². The smallest absolute Gasteiger partial charge is 0.340 e. The van der Waals surface area contributed by atoms with Gasteiger partial charge in [-0.15, -0.1) is 0 Å². The Morgan fingerprint density at radius 3 is 2.22 bits per heavy atom. The molecule has 32 heavy (non-hydrogen) atoms. The van der Waals surface area contributed by atoms with E-state index in [2.05, 4.69) is 0 Å². The Kier molecular flexibility index (Phi) is 6.35. The number of carbonyl (C=O) groups is 2. The number of carbonyl (C=O) groups excluding carboxylic acids is 2. The number of esters is 1. The number of aliphatic hydroxyl groups excluding tert-OH is 1. The first-order chi connectivity index (χ1) is 15.4. The molecule has 0 aliphatic carbocycles. The molecular weight excluding hydrogens is 531 g/mol. The molecule has 0 saturated carbocycles. The highest BCUT2D eigenvalue weighted by Gasteiger charge is 2.42. The Morgan fingerprint density at radius 2 is 1.59 bits per heavy atom. The van der Waals surface area contributed by atoms with E-state index < -0.39 is 41.6 Å². The largest absolute Gasteiger partial charge is 0.451 e. The van der Waals surface area contributed by atoms with Crippen LogP contribution in [-0.2, 0) is 9.47 Å². The Bertz CT molecular complexity index is 1270. The van der Waals surface area contributed by atoms with Crippen molar-refractivity contribution < 1.29 is 24.2 Å². The van der Waals surface area contributed by atoms with Crippen LogP contribution in [0.15, 0.2) is 76.4 Å². The van der Waals surface area contributed by atoms with Gasteiger partial charge >= 0.3 is 11.7 Å². The van der Waals surface area contributed by atoms with Crippen molar-refractivity contribution in [1.29, 1.82) is 0 Å². The van der Waals surface area contributed by atoms with E-state index in [1.165, 1.54) is 18.3 Å². The van der Waals surface area contributed by atoms with Crippen molar-refractivity contribution in [1.82, 2.24) is 9.13 Å². The summed E-state index contributed by atoms with van der Waals surface area (Å²) >= 11 is 1.71. The molecule has 10 heteroatoms. The van der Waals surface area contributed by atoms with E-state index in [0.717, 1.165) is 4.57 Å². The van der Waals surface area contributed by atoms with Gasteiger partial charge in [-0.3, -0.25) is 14.2 Å². The fourth-order valence-electron chi connectivity index (χ4n) is 3.33. The van der Waals surface area contributed by atoms with Crippen LogP contribution < -0.4 is 11.2 Å². The van der Waals surface area contributed by atoms with Crippen LogP contribution in [0.1, 0.15) is 26.9 Å². The van der Waals surface area contributed by atoms with Gasteiger partial charge in [0.2, 0.25) is 0 Å². The van der Waals surface area contributed by atoms with Crippen molar-refractivity contribution in [2.45, 2.75) is 18.4 Å². The van der Waals surface area contributed by atoms with Crippen LogP contribution in [-0.4, -0.2) is 44.9 Å². The van der Waals surface area contributed by atoms with Crippen LogP contribution in [0.4, 0.5) is 0 Å². The average Bonchev–Trinajstić information content (AvgIpc) is 3.17. The first kappa shape index (κ1) is 22.1. The number of rotatable bonds is 4. The van der Waals surface area contributed by atoms with Gasteiger partial charge in [0.25, 0.3) is 11.5 Å². The van der Waals surface area contributed by atoms with Crippen molar-refractivity contribution in [3.05, 3.63) is 102 Å². The quantitative estimate of drug-likeness (QED) is 0.387. The van der Waals surface area contributed by atoms with Gasteiger partial charge in [-0.2, -0.15) is 4.57 Å². The molecule has 1 N–H and O–H groups in total. The van der Waals surface area contributed by atoms with E-state index in [-0.39, 0.29) is 21.3 Å². The molecular formula is C22H17IN2O7. The Balaban J connectivity index is 1.73. The number of aliphatic hydroxyl groups is 1. The van der Waals surface area contributed by atoms with Crippen LogP contribution >= 0.6 is 22.6 Å². The molecule has 0 bridgehead atoms. The Labute approximate surface area is 195 Å². The maximum atomic E-state index is 13.2.